The molecule has 1 aromatic heterocycles. The van der Waals surface area contributed by atoms with Crippen LogP contribution in [0.15, 0.2) is 47.5 Å². The molecule has 3 rings (SSSR count). The van der Waals surface area contributed by atoms with Crippen LogP contribution in [0.25, 0.3) is 0 Å². The molecule has 1 N–H and O–H groups in total. The van der Waals surface area contributed by atoms with Crippen molar-refractivity contribution in [1.29, 1.82) is 0 Å². The predicted molar refractivity (Wildman–Crippen MR) is 114 cm³/mol. The van der Waals surface area contributed by atoms with E-state index in [1.54, 1.807) is 12.1 Å². The lowest BCUT2D eigenvalue weighted by Crippen LogP contribution is -2.37. The van der Waals surface area contributed by atoms with Gasteiger partial charge < -0.3 is 10.2 Å². The van der Waals surface area contributed by atoms with Crippen molar-refractivity contribution in [3.63, 3.8) is 0 Å². The fourth-order valence-electron chi connectivity index (χ4n) is 3.39. The Kier molecular flexibility index (Phi) is 6.74. The average Bonchev–Trinajstić information content (AvgIpc) is 2.69. The molecule has 0 aliphatic carbocycles. The first-order valence-electron chi connectivity index (χ1n) is 9.95. The third kappa shape index (κ3) is 5.45. The minimum Gasteiger partial charge on any atom is -0.367 e. The molecule has 158 valence electrons. The molecule has 2 aromatic rings. The van der Waals surface area contributed by atoms with Crippen LogP contribution >= 0.6 is 0 Å². The van der Waals surface area contributed by atoms with E-state index in [9.17, 15) is 12.8 Å². The summed E-state index contributed by atoms with van der Waals surface area (Å²) >= 11 is 0. The Balaban J connectivity index is 1.79. The van der Waals surface area contributed by atoms with Gasteiger partial charge in [-0.1, -0.05) is 13.8 Å². The lowest BCUT2D eigenvalue weighted by Gasteiger charge is -2.30. The molecule has 1 aliphatic rings. The van der Waals surface area contributed by atoms with Crippen LogP contribution in [0.1, 0.15) is 26.7 Å². The Morgan fingerprint density at radius 3 is 2.38 bits per heavy atom. The number of anilines is 2. The zero-order chi connectivity index (χ0) is 21.0. The van der Waals surface area contributed by atoms with Gasteiger partial charge in [0.25, 0.3) is 10.0 Å². The van der Waals surface area contributed by atoms with Gasteiger partial charge in [0.05, 0.1) is 5.69 Å². The summed E-state index contributed by atoms with van der Waals surface area (Å²) in [6.45, 7) is 6.25. The second-order valence-electron chi connectivity index (χ2n) is 8.01. The standard InChI is InChI=1S/C21H29FN4O2S/c1-16(2)15-26(19-6-4-17(22)5-7-19)29(27,28)20-8-9-21(23-14-20)24-18-10-12-25(3)13-11-18/h4-9,14,16,18H,10-13,15H2,1-3H3,(H,23,24). The van der Waals surface area contributed by atoms with E-state index in [-0.39, 0.29) is 10.8 Å². The molecule has 2 heterocycles. The number of pyridine rings is 1. The molecule has 8 heteroatoms. The van der Waals surface area contributed by atoms with E-state index in [1.165, 1.54) is 34.8 Å². The number of piperidine rings is 1. The smallest absolute Gasteiger partial charge is 0.265 e. The van der Waals surface area contributed by atoms with Crippen LogP contribution in [-0.4, -0.2) is 51.0 Å². The van der Waals surface area contributed by atoms with Gasteiger partial charge in [-0.15, -0.1) is 0 Å². The minimum absolute atomic E-state index is 0.105. The molecule has 29 heavy (non-hydrogen) atoms. The van der Waals surface area contributed by atoms with E-state index in [0.717, 1.165) is 25.9 Å². The second-order valence-corrected chi connectivity index (χ2v) is 9.87. The van der Waals surface area contributed by atoms with E-state index >= 15 is 0 Å². The molecule has 0 spiro atoms. The lowest BCUT2D eigenvalue weighted by molar-refractivity contribution is 0.263. The maximum absolute atomic E-state index is 13.3. The molecule has 0 radical (unpaired) electrons. The molecule has 1 aromatic carbocycles. The third-order valence-corrected chi connectivity index (χ3v) is 6.82. The molecule has 0 amide bonds. The summed E-state index contributed by atoms with van der Waals surface area (Å²) < 4.78 is 41.1. The van der Waals surface area contributed by atoms with Gasteiger partial charge >= 0.3 is 0 Å². The van der Waals surface area contributed by atoms with Gasteiger partial charge in [0.2, 0.25) is 0 Å². The van der Waals surface area contributed by atoms with Crippen molar-refractivity contribution in [2.45, 2.75) is 37.6 Å². The third-order valence-electron chi connectivity index (χ3n) is 5.04. The van der Waals surface area contributed by atoms with Gasteiger partial charge in [0.15, 0.2) is 0 Å². The molecule has 0 atom stereocenters. The van der Waals surface area contributed by atoms with Gasteiger partial charge in [-0.3, -0.25) is 4.31 Å². The number of nitrogens with zero attached hydrogens (tertiary/aromatic N) is 3. The minimum atomic E-state index is -3.81. The lowest BCUT2D eigenvalue weighted by atomic mass is 10.1. The zero-order valence-corrected chi connectivity index (χ0v) is 18.0. The number of aromatic nitrogens is 1. The van der Waals surface area contributed by atoms with E-state index in [2.05, 4.69) is 22.2 Å². The highest BCUT2D eigenvalue weighted by molar-refractivity contribution is 7.92. The number of rotatable bonds is 7. The van der Waals surface area contributed by atoms with Crippen LogP contribution in [-0.2, 0) is 10.0 Å². The fraction of sp³-hybridized carbons (Fsp3) is 0.476. The highest BCUT2D eigenvalue weighted by Gasteiger charge is 2.26. The fourth-order valence-corrected chi connectivity index (χ4v) is 4.96. The quantitative estimate of drug-likeness (QED) is 0.742. The van der Waals surface area contributed by atoms with E-state index in [0.29, 0.717) is 24.1 Å². The average molecular weight is 421 g/mol. The van der Waals surface area contributed by atoms with Crippen molar-refractivity contribution in [2.24, 2.45) is 5.92 Å². The first kappa shape index (κ1) is 21.5. The van der Waals surface area contributed by atoms with Crippen molar-refractivity contribution in [1.82, 2.24) is 9.88 Å². The number of sulfonamides is 1. The topological polar surface area (TPSA) is 65.5 Å². The normalized spacial score (nSPS) is 16.2. The maximum Gasteiger partial charge on any atom is 0.265 e. The van der Waals surface area contributed by atoms with Crippen LogP contribution in [0, 0.1) is 11.7 Å². The molecule has 0 bridgehead atoms. The predicted octanol–water partition coefficient (Wildman–Crippen LogP) is 3.58. The summed E-state index contributed by atoms with van der Waals surface area (Å²) in [4.78, 5) is 6.75. The largest absolute Gasteiger partial charge is 0.367 e. The number of likely N-dealkylation sites (tertiary alicyclic amines) is 1. The highest BCUT2D eigenvalue weighted by Crippen LogP contribution is 2.25. The number of halogens is 1. The molecule has 0 saturated carbocycles. The van der Waals surface area contributed by atoms with Crippen molar-refractivity contribution >= 4 is 21.5 Å². The summed E-state index contributed by atoms with van der Waals surface area (Å²) in [5, 5.41) is 3.39. The molecule has 0 unspecified atom stereocenters. The summed E-state index contributed by atoms with van der Waals surface area (Å²) in [5.41, 5.74) is 0.439. The Hall–Kier alpha value is -2.19. The zero-order valence-electron chi connectivity index (χ0n) is 17.2. The van der Waals surface area contributed by atoms with Gasteiger partial charge in [-0.25, -0.2) is 17.8 Å². The van der Waals surface area contributed by atoms with Crippen LogP contribution in [0.5, 0.6) is 0 Å². The number of hydrogen-bond acceptors (Lipinski definition) is 5. The highest BCUT2D eigenvalue weighted by atomic mass is 32.2. The van der Waals surface area contributed by atoms with E-state index in [4.69, 9.17) is 0 Å². The van der Waals surface area contributed by atoms with Crippen molar-refractivity contribution in [2.75, 3.05) is 36.3 Å². The van der Waals surface area contributed by atoms with Gasteiger partial charge in [-0.2, -0.15) is 0 Å². The first-order valence-corrected chi connectivity index (χ1v) is 11.4. The molecular weight excluding hydrogens is 391 g/mol. The maximum atomic E-state index is 13.3. The van der Waals surface area contributed by atoms with E-state index < -0.39 is 15.8 Å². The second kappa shape index (κ2) is 9.09. The molecule has 6 nitrogen and oxygen atoms in total. The summed E-state index contributed by atoms with van der Waals surface area (Å²) in [6.07, 6.45) is 3.46. The van der Waals surface area contributed by atoms with Gasteiger partial charge in [0.1, 0.15) is 16.5 Å². The molecule has 1 saturated heterocycles. The van der Waals surface area contributed by atoms with Gasteiger partial charge in [0, 0.05) is 18.8 Å². The van der Waals surface area contributed by atoms with Crippen LogP contribution in [0.3, 0.4) is 0 Å². The van der Waals surface area contributed by atoms with Crippen LogP contribution < -0.4 is 9.62 Å². The number of nitrogens with one attached hydrogen (secondary N) is 1. The monoisotopic (exact) mass is 420 g/mol. The van der Waals surface area contributed by atoms with Crippen LogP contribution in [0.4, 0.5) is 15.9 Å². The Bertz CT molecular complexity index is 893. The van der Waals surface area contributed by atoms with Gasteiger partial charge in [-0.05, 0) is 75.3 Å². The Morgan fingerprint density at radius 2 is 1.83 bits per heavy atom. The van der Waals surface area contributed by atoms with Crippen molar-refractivity contribution in [3.05, 3.63) is 48.4 Å². The number of hydrogen-bond donors (Lipinski definition) is 1. The summed E-state index contributed by atoms with van der Waals surface area (Å²) in [6, 6.07) is 9.14. The van der Waals surface area contributed by atoms with E-state index in [1.807, 2.05) is 13.8 Å². The first-order chi connectivity index (χ1) is 13.8. The SMILES string of the molecule is CC(C)CN(c1ccc(F)cc1)S(=O)(=O)c1ccc(NC2CCN(C)CC2)nc1. The molecular formula is C21H29FN4O2S. The number of benzene rings is 1. The Labute approximate surface area is 172 Å². The van der Waals surface area contributed by atoms with Crippen molar-refractivity contribution in [3.8, 4) is 0 Å². The Morgan fingerprint density at radius 1 is 1.17 bits per heavy atom. The summed E-state index contributed by atoms with van der Waals surface area (Å²) in [5.74, 6) is 0.380. The molecule has 1 aliphatic heterocycles. The van der Waals surface area contributed by atoms with Crippen molar-refractivity contribution < 1.29 is 12.8 Å². The summed E-state index contributed by atoms with van der Waals surface area (Å²) in [7, 11) is -1.70. The van der Waals surface area contributed by atoms with Crippen LogP contribution in [0.2, 0.25) is 0 Å². The molecule has 1 fully saturated rings.